The summed E-state index contributed by atoms with van der Waals surface area (Å²) < 4.78 is 8.82. The van der Waals surface area contributed by atoms with Gasteiger partial charge in [0.15, 0.2) is 5.69 Å². The van der Waals surface area contributed by atoms with Gasteiger partial charge < -0.3 is 25.8 Å². The van der Waals surface area contributed by atoms with Gasteiger partial charge in [-0.25, -0.2) is 0 Å². The molecule has 2 aromatic heterocycles. The van der Waals surface area contributed by atoms with Crippen LogP contribution in [0, 0.1) is 23.7 Å². The molecular formula is C27H33N7O6S. The molecule has 0 radical (unpaired) electrons. The van der Waals surface area contributed by atoms with Crippen LogP contribution >= 0.6 is 11.7 Å². The first-order chi connectivity index (χ1) is 19.7. The number of pyridine rings is 1. The van der Waals surface area contributed by atoms with Crippen molar-refractivity contribution in [1.82, 2.24) is 29.3 Å². The molecule has 4 amide bonds. The van der Waals surface area contributed by atoms with Gasteiger partial charge in [0.05, 0.1) is 17.9 Å². The molecule has 0 spiro atoms. The van der Waals surface area contributed by atoms with Crippen LogP contribution in [0.4, 0.5) is 5.69 Å². The Labute approximate surface area is 240 Å². The first-order valence-electron chi connectivity index (χ1n) is 13.8. The third kappa shape index (κ3) is 6.53. The smallest absolute Gasteiger partial charge is 0.287 e. The molecule has 4 bridgehead atoms. The van der Waals surface area contributed by atoms with E-state index in [1.165, 1.54) is 42.6 Å². The van der Waals surface area contributed by atoms with E-state index in [0.717, 1.165) is 49.2 Å². The number of carbonyl (C=O) groups is 5. The van der Waals surface area contributed by atoms with E-state index in [4.69, 9.17) is 0 Å². The van der Waals surface area contributed by atoms with Crippen LogP contribution in [0.3, 0.4) is 0 Å². The number of rotatable bonds is 11. The zero-order valence-electron chi connectivity index (χ0n) is 22.6. The van der Waals surface area contributed by atoms with Crippen LogP contribution in [0.2, 0.25) is 0 Å². The van der Waals surface area contributed by atoms with E-state index in [0.29, 0.717) is 11.8 Å². The molecule has 0 unspecified atom stereocenters. The molecule has 4 aliphatic rings. The van der Waals surface area contributed by atoms with Crippen LogP contribution in [0.15, 0.2) is 29.3 Å². The highest BCUT2D eigenvalue weighted by Crippen LogP contribution is 2.53. The highest BCUT2D eigenvalue weighted by molar-refractivity contribution is 6.99. The first kappa shape index (κ1) is 28.6. The van der Waals surface area contributed by atoms with Crippen LogP contribution in [0.5, 0.6) is 0 Å². The average molecular weight is 584 g/mol. The van der Waals surface area contributed by atoms with Crippen molar-refractivity contribution in [3.8, 4) is 0 Å². The fraction of sp³-hybridized carbons (Fsp3) is 0.556. The summed E-state index contributed by atoms with van der Waals surface area (Å²) in [6, 6.07) is 1.82. The molecular weight excluding hydrogens is 550 g/mol. The summed E-state index contributed by atoms with van der Waals surface area (Å²) in [7, 11) is 1.31. The highest BCUT2D eigenvalue weighted by atomic mass is 32.1. The van der Waals surface area contributed by atoms with Crippen molar-refractivity contribution in [2.45, 2.75) is 63.6 Å². The van der Waals surface area contributed by atoms with Crippen molar-refractivity contribution in [2.24, 2.45) is 23.7 Å². The van der Waals surface area contributed by atoms with Gasteiger partial charge in [-0.1, -0.05) is 0 Å². The molecule has 14 heteroatoms. The van der Waals surface area contributed by atoms with E-state index in [1.807, 2.05) is 0 Å². The molecule has 2 aromatic rings. The van der Waals surface area contributed by atoms with Gasteiger partial charge in [0.25, 0.3) is 17.4 Å². The summed E-state index contributed by atoms with van der Waals surface area (Å²) in [5, 5.41) is 10.4. The number of aromatic nitrogens is 3. The number of nitrogens with zero attached hydrogens (tertiary/aromatic N) is 3. The van der Waals surface area contributed by atoms with Crippen molar-refractivity contribution in [3.05, 3.63) is 40.6 Å². The summed E-state index contributed by atoms with van der Waals surface area (Å²) >= 11 is 0.812. The summed E-state index contributed by atoms with van der Waals surface area (Å²) in [6.45, 7) is -0.192. The molecule has 13 nitrogen and oxygen atoms in total. The minimum absolute atomic E-state index is 0.0161. The standard InChI is InChI=1S/C27H33N7O6S/c1-28-26(39)21(35)5-4-18(30-25(38)20-12-29-41-33-20)24(37)31-19-3-2-6-34(27(19)40)13-22(36)32-23-16-8-14-7-15(10-16)11-17(23)9-14/h2-3,6,12,14-18,23H,4-5,7-11,13H2,1H3,(H,28,39)(H,30,38)(H,31,37)(H,32,36)/t14?,15?,16?,17?,18-,23?/m0/s1. The van der Waals surface area contributed by atoms with Gasteiger partial charge in [-0.3, -0.25) is 28.8 Å². The fourth-order valence-electron chi connectivity index (χ4n) is 6.82. The molecule has 4 fully saturated rings. The predicted octanol–water partition coefficient (Wildman–Crippen LogP) is 0.473. The maximum Gasteiger partial charge on any atom is 0.287 e. The number of amides is 4. The Balaban J connectivity index is 1.23. The molecule has 4 saturated carbocycles. The van der Waals surface area contributed by atoms with Crippen molar-refractivity contribution in [1.29, 1.82) is 0 Å². The van der Waals surface area contributed by atoms with Gasteiger partial charge >= 0.3 is 0 Å². The Bertz CT molecular complexity index is 1360. The lowest BCUT2D eigenvalue weighted by Gasteiger charge is -2.54. The summed E-state index contributed by atoms with van der Waals surface area (Å²) in [5.74, 6) is -0.733. The van der Waals surface area contributed by atoms with Crippen molar-refractivity contribution >= 4 is 46.8 Å². The number of Topliss-reactive ketones (excluding diaryl/α,β-unsaturated/α-hetero) is 1. The quantitative estimate of drug-likeness (QED) is 0.276. The highest BCUT2D eigenvalue weighted by Gasteiger charge is 2.48. The minimum Gasteiger partial charge on any atom is -0.353 e. The first-order valence-corrected chi connectivity index (χ1v) is 14.6. The average Bonchev–Trinajstić information content (AvgIpc) is 3.49. The number of ketones is 1. The monoisotopic (exact) mass is 583 g/mol. The van der Waals surface area contributed by atoms with Gasteiger partial charge in [0, 0.05) is 25.7 Å². The van der Waals surface area contributed by atoms with Crippen LogP contribution in [-0.4, -0.2) is 61.9 Å². The number of anilines is 1. The zero-order chi connectivity index (χ0) is 29.1. The summed E-state index contributed by atoms with van der Waals surface area (Å²) in [5.41, 5.74) is -0.693. The largest absolute Gasteiger partial charge is 0.353 e. The topological polar surface area (TPSA) is 181 Å². The molecule has 4 N–H and O–H groups in total. The number of nitrogens with one attached hydrogen (secondary N) is 4. The molecule has 2 heterocycles. The Morgan fingerprint density at radius 3 is 2.41 bits per heavy atom. The van der Waals surface area contributed by atoms with Gasteiger partial charge in [0.1, 0.15) is 18.3 Å². The van der Waals surface area contributed by atoms with Crippen LogP contribution in [0.25, 0.3) is 0 Å². The van der Waals surface area contributed by atoms with Gasteiger partial charge in [-0.2, -0.15) is 8.75 Å². The Morgan fingerprint density at radius 2 is 1.78 bits per heavy atom. The molecule has 0 aliphatic heterocycles. The van der Waals surface area contributed by atoms with Crippen LogP contribution in [0.1, 0.15) is 55.4 Å². The van der Waals surface area contributed by atoms with Crippen LogP contribution < -0.4 is 26.8 Å². The van der Waals surface area contributed by atoms with Crippen molar-refractivity contribution < 1.29 is 24.0 Å². The van der Waals surface area contributed by atoms with E-state index in [9.17, 15) is 28.8 Å². The number of likely N-dealkylation sites (N-methyl/N-ethyl adjacent to an activating group) is 1. The Hall–Kier alpha value is -3.94. The zero-order valence-corrected chi connectivity index (χ0v) is 23.4. The molecule has 0 saturated heterocycles. The predicted molar refractivity (Wildman–Crippen MR) is 148 cm³/mol. The van der Waals surface area contributed by atoms with E-state index in [-0.39, 0.29) is 42.7 Å². The van der Waals surface area contributed by atoms with Crippen molar-refractivity contribution in [3.63, 3.8) is 0 Å². The maximum absolute atomic E-state index is 13.2. The Kier molecular flexibility index (Phi) is 8.57. The third-order valence-corrected chi connectivity index (χ3v) is 8.98. The van der Waals surface area contributed by atoms with Crippen molar-refractivity contribution in [2.75, 3.05) is 12.4 Å². The second kappa shape index (κ2) is 12.3. The van der Waals surface area contributed by atoms with Gasteiger partial charge in [-0.05, 0) is 74.3 Å². The SMILES string of the molecule is CNC(=O)C(=O)CC[C@H](NC(=O)c1cnsn1)C(=O)Nc1cccn(CC(=O)NC2C3CC4CC(C3)CC2C4)c1=O. The molecule has 41 heavy (non-hydrogen) atoms. The summed E-state index contributed by atoms with van der Waals surface area (Å²) in [4.78, 5) is 75.5. The number of hydrogen-bond acceptors (Lipinski definition) is 9. The maximum atomic E-state index is 13.2. The minimum atomic E-state index is -1.26. The lowest BCUT2D eigenvalue weighted by molar-refractivity contribution is -0.137. The Morgan fingerprint density at radius 1 is 1.07 bits per heavy atom. The number of carbonyl (C=O) groups excluding carboxylic acids is 5. The molecule has 0 aromatic carbocycles. The summed E-state index contributed by atoms with van der Waals surface area (Å²) in [6.07, 6.45) is 8.14. The molecule has 1 atom stereocenters. The lowest BCUT2D eigenvalue weighted by atomic mass is 9.54. The normalized spacial score (nSPS) is 24.8. The van der Waals surface area contributed by atoms with E-state index in [2.05, 4.69) is 30.0 Å². The van der Waals surface area contributed by atoms with E-state index >= 15 is 0 Å². The molecule has 218 valence electrons. The fourth-order valence-corrected chi connectivity index (χ4v) is 7.23. The van der Waals surface area contributed by atoms with Gasteiger partial charge in [-0.15, -0.1) is 0 Å². The van der Waals surface area contributed by atoms with Gasteiger partial charge in [0.2, 0.25) is 17.6 Å². The second-order valence-electron chi connectivity index (χ2n) is 11.2. The van der Waals surface area contributed by atoms with E-state index in [1.54, 1.807) is 0 Å². The number of hydrogen-bond donors (Lipinski definition) is 4. The molecule has 6 rings (SSSR count). The van der Waals surface area contributed by atoms with E-state index < -0.39 is 35.1 Å². The molecule has 4 aliphatic carbocycles. The third-order valence-electron chi connectivity index (χ3n) is 8.50. The lowest BCUT2D eigenvalue weighted by Crippen LogP contribution is -2.56. The van der Waals surface area contributed by atoms with Crippen LogP contribution in [-0.2, 0) is 25.7 Å². The second-order valence-corrected chi connectivity index (χ2v) is 11.8.